The van der Waals surface area contributed by atoms with Gasteiger partial charge in [0.25, 0.3) is 11.5 Å². The summed E-state index contributed by atoms with van der Waals surface area (Å²) in [6.45, 7) is 6.48. The standard InChI is InChI=1S/C28H27ClFN3O2/c1-18(2)16-17-32(27(34)22-8-4-6-10-24(22)29)19(3)26-31-25-11-7-5-9-23(25)28(35)33(26)21-14-12-20(30)13-15-21/h4-15,18-19H,16-17H2,1-3H3. The number of nitrogens with zero attached hydrogens (tertiary/aromatic N) is 3. The lowest BCUT2D eigenvalue weighted by molar-refractivity contribution is 0.0671. The largest absolute Gasteiger partial charge is 0.329 e. The first-order valence-corrected chi connectivity index (χ1v) is 12.0. The van der Waals surface area contributed by atoms with Crippen LogP contribution >= 0.6 is 11.6 Å². The van der Waals surface area contributed by atoms with Crippen molar-refractivity contribution >= 4 is 28.4 Å². The van der Waals surface area contributed by atoms with Gasteiger partial charge >= 0.3 is 0 Å². The average Bonchev–Trinajstić information content (AvgIpc) is 2.84. The van der Waals surface area contributed by atoms with Gasteiger partial charge in [-0.05, 0) is 67.8 Å². The molecule has 0 aliphatic carbocycles. The van der Waals surface area contributed by atoms with E-state index in [0.717, 1.165) is 6.42 Å². The second-order valence-corrected chi connectivity index (χ2v) is 9.35. The van der Waals surface area contributed by atoms with Crippen LogP contribution in [0.1, 0.15) is 49.4 Å². The lowest BCUT2D eigenvalue weighted by Crippen LogP contribution is -2.38. The normalized spacial score (nSPS) is 12.2. The SMILES string of the molecule is CC(C)CCN(C(=O)c1ccccc1Cl)C(C)c1nc2ccccc2c(=O)n1-c1ccc(F)cc1. The zero-order valence-corrected chi connectivity index (χ0v) is 20.7. The molecule has 1 unspecified atom stereocenters. The van der Waals surface area contributed by atoms with Gasteiger partial charge in [-0.15, -0.1) is 0 Å². The van der Waals surface area contributed by atoms with Gasteiger partial charge in [-0.2, -0.15) is 0 Å². The highest BCUT2D eigenvalue weighted by atomic mass is 35.5. The van der Waals surface area contributed by atoms with E-state index in [1.807, 2.05) is 13.0 Å². The van der Waals surface area contributed by atoms with Crippen LogP contribution in [0.4, 0.5) is 4.39 Å². The number of para-hydroxylation sites is 1. The van der Waals surface area contributed by atoms with Crippen molar-refractivity contribution in [3.8, 4) is 5.69 Å². The minimum absolute atomic E-state index is 0.239. The zero-order valence-electron chi connectivity index (χ0n) is 19.9. The maximum Gasteiger partial charge on any atom is 0.266 e. The highest BCUT2D eigenvalue weighted by Crippen LogP contribution is 2.27. The molecule has 1 atom stereocenters. The molecule has 0 N–H and O–H groups in total. The number of halogens is 2. The van der Waals surface area contributed by atoms with E-state index >= 15 is 0 Å². The van der Waals surface area contributed by atoms with Crippen LogP contribution < -0.4 is 5.56 Å². The molecule has 4 rings (SSSR count). The van der Waals surface area contributed by atoms with Crippen LogP contribution in [0.2, 0.25) is 5.02 Å². The number of aromatic nitrogens is 2. The molecule has 4 aromatic rings. The molecule has 1 amide bonds. The maximum absolute atomic E-state index is 13.7. The number of fused-ring (bicyclic) bond motifs is 1. The molecule has 7 heteroatoms. The monoisotopic (exact) mass is 491 g/mol. The second-order valence-electron chi connectivity index (χ2n) is 8.94. The average molecular weight is 492 g/mol. The summed E-state index contributed by atoms with van der Waals surface area (Å²) in [5.41, 5.74) is 1.12. The van der Waals surface area contributed by atoms with Crippen molar-refractivity contribution in [2.24, 2.45) is 5.92 Å². The van der Waals surface area contributed by atoms with Gasteiger partial charge in [0.2, 0.25) is 0 Å². The van der Waals surface area contributed by atoms with Crippen molar-refractivity contribution in [3.63, 3.8) is 0 Å². The van der Waals surface area contributed by atoms with Crippen LogP contribution in [-0.2, 0) is 0 Å². The van der Waals surface area contributed by atoms with Crippen molar-refractivity contribution in [1.29, 1.82) is 0 Å². The van der Waals surface area contributed by atoms with Gasteiger partial charge in [-0.3, -0.25) is 14.2 Å². The van der Waals surface area contributed by atoms with Crippen LogP contribution in [0, 0.1) is 11.7 Å². The number of benzene rings is 3. The van der Waals surface area contributed by atoms with Crippen molar-refractivity contribution in [2.45, 2.75) is 33.2 Å². The molecule has 0 radical (unpaired) electrons. The molecule has 0 saturated heterocycles. The summed E-state index contributed by atoms with van der Waals surface area (Å²) in [6, 6.07) is 19.1. The Bertz CT molecular complexity index is 1420. The lowest BCUT2D eigenvalue weighted by Gasteiger charge is -2.31. The van der Waals surface area contributed by atoms with E-state index < -0.39 is 11.9 Å². The molecule has 3 aromatic carbocycles. The summed E-state index contributed by atoms with van der Waals surface area (Å²) in [5, 5.41) is 0.806. The summed E-state index contributed by atoms with van der Waals surface area (Å²) < 4.78 is 15.1. The van der Waals surface area contributed by atoms with Gasteiger partial charge in [0.1, 0.15) is 11.6 Å². The number of rotatable bonds is 7. The van der Waals surface area contributed by atoms with Crippen molar-refractivity contribution in [1.82, 2.24) is 14.5 Å². The molecular weight excluding hydrogens is 465 g/mol. The zero-order chi connectivity index (χ0) is 25.1. The molecule has 0 saturated carbocycles. The molecule has 5 nitrogen and oxygen atoms in total. The molecule has 0 aliphatic rings. The van der Waals surface area contributed by atoms with E-state index in [4.69, 9.17) is 16.6 Å². The first-order valence-electron chi connectivity index (χ1n) is 11.6. The summed E-state index contributed by atoms with van der Waals surface area (Å²) in [6.07, 6.45) is 0.759. The van der Waals surface area contributed by atoms with Crippen LogP contribution in [0.3, 0.4) is 0 Å². The number of amides is 1. The van der Waals surface area contributed by atoms with Crippen molar-refractivity contribution in [2.75, 3.05) is 6.54 Å². The highest BCUT2D eigenvalue weighted by molar-refractivity contribution is 6.33. The first kappa shape index (κ1) is 24.6. The van der Waals surface area contributed by atoms with E-state index in [-0.39, 0.29) is 11.5 Å². The maximum atomic E-state index is 13.7. The van der Waals surface area contributed by atoms with Gasteiger partial charge < -0.3 is 4.90 Å². The molecule has 1 aromatic heterocycles. The highest BCUT2D eigenvalue weighted by Gasteiger charge is 2.28. The Morgan fingerprint density at radius 1 is 1.00 bits per heavy atom. The smallest absolute Gasteiger partial charge is 0.266 e. The van der Waals surface area contributed by atoms with Gasteiger partial charge in [0.15, 0.2) is 0 Å². The fourth-order valence-corrected chi connectivity index (χ4v) is 4.28. The Morgan fingerprint density at radius 3 is 2.34 bits per heavy atom. The van der Waals surface area contributed by atoms with E-state index in [0.29, 0.717) is 45.5 Å². The number of hydrogen-bond donors (Lipinski definition) is 0. The summed E-state index contributed by atoms with van der Waals surface area (Å²) >= 11 is 6.37. The third-order valence-electron chi connectivity index (χ3n) is 6.04. The molecule has 0 aliphatic heterocycles. The van der Waals surface area contributed by atoms with Crippen molar-refractivity contribution < 1.29 is 9.18 Å². The van der Waals surface area contributed by atoms with Gasteiger partial charge in [-0.1, -0.05) is 49.7 Å². The Labute approximate surface area is 208 Å². The predicted octanol–water partition coefficient (Wildman–Crippen LogP) is 6.43. The third kappa shape index (κ3) is 5.13. The van der Waals surface area contributed by atoms with Crippen LogP contribution in [0.5, 0.6) is 0 Å². The number of hydrogen-bond acceptors (Lipinski definition) is 3. The molecule has 180 valence electrons. The van der Waals surface area contributed by atoms with E-state index in [9.17, 15) is 14.0 Å². The Morgan fingerprint density at radius 2 is 1.66 bits per heavy atom. The molecule has 0 bridgehead atoms. The quantitative estimate of drug-likeness (QED) is 0.299. The van der Waals surface area contributed by atoms with Crippen LogP contribution in [0.25, 0.3) is 16.6 Å². The number of carbonyl (C=O) groups is 1. The Balaban J connectivity index is 1.91. The molecule has 35 heavy (non-hydrogen) atoms. The van der Waals surface area contributed by atoms with Crippen molar-refractivity contribution in [3.05, 3.63) is 105 Å². The fourth-order valence-electron chi connectivity index (χ4n) is 4.07. The number of carbonyl (C=O) groups excluding carboxylic acids is 1. The van der Waals surface area contributed by atoms with Gasteiger partial charge in [0.05, 0.1) is 33.2 Å². The predicted molar refractivity (Wildman–Crippen MR) is 138 cm³/mol. The molecule has 0 fully saturated rings. The summed E-state index contributed by atoms with van der Waals surface area (Å²) in [4.78, 5) is 33.9. The van der Waals surface area contributed by atoms with Gasteiger partial charge in [-0.25, -0.2) is 9.37 Å². The molecular formula is C28H27ClFN3O2. The molecule has 1 heterocycles. The lowest BCUT2D eigenvalue weighted by atomic mass is 10.1. The summed E-state index contributed by atoms with van der Waals surface area (Å²) in [7, 11) is 0. The minimum Gasteiger partial charge on any atom is -0.329 e. The minimum atomic E-state index is -0.570. The second kappa shape index (κ2) is 10.4. The Kier molecular flexibility index (Phi) is 7.31. The van der Waals surface area contributed by atoms with Crippen LogP contribution in [0.15, 0.2) is 77.6 Å². The topological polar surface area (TPSA) is 55.2 Å². The molecule has 0 spiro atoms. The van der Waals surface area contributed by atoms with Gasteiger partial charge in [0, 0.05) is 6.54 Å². The Hall–Kier alpha value is -3.51. The van der Waals surface area contributed by atoms with E-state index in [1.165, 1.54) is 28.8 Å². The first-order chi connectivity index (χ1) is 16.8. The fraction of sp³-hybridized carbons (Fsp3) is 0.250. The summed E-state index contributed by atoms with van der Waals surface area (Å²) in [5.74, 6) is 0.103. The third-order valence-corrected chi connectivity index (χ3v) is 6.37. The van der Waals surface area contributed by atoms with E-state index in [2.05, 4.69) is 13.8 Å². The van der Waals surface area contributed by atoms with E-state index in [1.54, 1.807) is 47.4 Å². The van der Waals surface area contributed by atoms with Crippen LogP contribution in [-0.4, -0.2) is 26.9 Å².